The first-order chi connectivity index (χ1) is 8.11. The van der Waals surface area contributed by atoms with E-state index in [2.05, 4.69) is 0 Å². The lowest BCUT2D eigenvalue weighted by atomic mass is 9.88. The molecule has 0 amide bonds. The van der Waals surface area contributed by atoms with E-state index in [-0.39, 0.29) is 11.3 Å². The first kappa shape index (κ1) is 13.3. The van der Waals surface area contributed by atoms with Crippen LogP contribution in [0.3, 0.4) is 0 Å². The van der Waals surface area contributed by atoms with Gasteiger partial charge in [-0.1, -0.05) is 32.1 Å². The van der Waals surface area contributed by atoms with Gasteiger partial charge in [0, 0.05) is 6.04 Å². The summed E-state index contributed by atoms with van der Waals surface area (Å²) in [6.07, 6.45) is 9.96. The molecule has 0 radical (unpaired) electrons. The molecule has 2 aliphatic rings. The van der Waals surface area contributed by atoms with Gasteiger partial charge in [0.05, 0.1) is 11.0 Å². The predicted octanol–water partition coefficient (Wildman–Crippen LogP) is 2.25. The highest BCUT2D eigenvalue weighted by Crippen LogP contribution is 2.31. The molecule has 1 heterocycles. The average molecular weight is 259 g/mol. The van der Waals surface area contributed by atoms with Gasteiger partial charge in [0.1, 0.15) is 0 Å². The highest BCUT2D eigenvalue weighted by molar-refractivity contribution is 7.92. The Hall–Kier alpha value is -0.0900. The molecule has 1 saturated heterocycles. The van der Waals surface area contributed by atoms with E-state index in [1.54, 1.807) is 0 Å². The lowest BCUT2D eigenvalue weighted by Gasteiger charge is -2.32. The summed E-state index contributed by atoms with van der Waals surface area (Å²) in [6, 6.07) is -0.113. The SMILES string of the molecule is NC(C1CCCCCC1)C1CCCCS1(=O)=O. The van der Waals surface area contributed by atoms with Crippen molar-refractivity contribution in [2.75, 3.05) is 5.75 Å². The normalized spacial score (nSPS) is 32.9. The van der Waals surface area contributed by atoms with Crippen molar-refractivity contribution in [2.24, 2.45) is 11.7 Å². The van der Waals surface area contributed by atoms with Crippen molar-refractivity contribution in [3.8, 4) is 0 Å². The predicted molar refractivity (Wildman–Crippen MR) is 70.6 cm³/mol. The monoisotopic (exact) mass is 259 g/mol. The fourth-order valence-electron chi connectivity index (χ4n) is 3.41. The van der Waals surface area contributed by atoms with E-state index in [1.807, 2.05) is 0 Å². The third kappa shape index (κ3) is 3.22. The molecular weight excluding hydrogens is 234 g/mol. The molecule has 2 N–H and O–H groups in total. The van der Waals surface area contributed by atoms with Crippen molar-refractivity contribution >= 4 is 9.84 Å². The second-order valence-corrected chi connectivity index (χ2v) is 8.07. The molecule has 0 bridgehead atoms. The van der Waals surface area contributed by atoms with Crippen LogP contribution >= 0.6 is 0 Å². The zero-order valence-corrected chi connectivity index (χ0v) is 11.4. The van der Waals surface area contributed by atoms with Gasteiger partial charge < -0.3 is 5.73 Å². The second-order valence-electron chi connectivity index (χ2n) is 5.73. The third-order valence-corrected chi connectivity index (χ3v) is 6.83. The summed E-state index contributed by atoms with van der Waals surface area (Å²) in [7, 11) is -2.91. The fraction of sp³-hybridized carbons (Fsp3) is 1.00. The number of hydrogen-bond donors (Lipinski definition) is 1. The molecule has 1 saturated carbocycles. The summed E-state index contributed by atoms with van der Waals surface area (Å²) in [5.74, 6) is 0.799. The first-order valence-electron chi connectivity index (χ1n) is 7.08. The zero-order chi connectivity index (χ0) is 12.3. The van der Waals surface area contributed by atoms with Gasteiger partial charge in [-0.25, -0.2) is 8.42 Å². The number of sulfone groups is 1. The number of nitrogens with two attached hydrogens (primary N) is 1. The van der Waals surface area contributed by atoms with Crippen LogP contribution < -0.4 is 5.73 Å². The van der Waals surface area contributed by atoms with Gasteiger partial charge in [-0.05, 0) is 31.6 Å². The summed E-state index contributed by atoms with van der Waals surface area (Å²) < 4.78 is 24.1. The van der Waals surface area contributed by atoms with Crippen LogP contribution in [0.5, 0.6) is 0 Å². The van der Waals surface area contributed by atoms with E-state index < -0.39 is 9.84 Å². The highest BCUT2D eigenvalue weighted by Gasteiger charge is 2.37. The topological polar surface area (TPSA) is 60.2 Å². The Morgan fingerprint density at radius 1 is 0.882 bits per heavy atom. The number of rotatable bonds is 2. The molecule has 3 nitrogen and oxygen atoms in total. The lowest BCUT2D eigenvalue weighted by molar-refractivity contribution is 0.345. The molecule has 100 valence electrons. The molecule has 17 heavy (non-hydrogen) atoms. The van der Waals surface area contributed by atoms with Crippen LogP contribution in [0.2, 0.25) is 0 Å². The van der Waals surface area contributed by atoms with E-state index in [4.69, 9.17) is 5.73 Å². The van der Waals surface area contributed by atoms with E-state index in [0.717, 1.165) is 32.1 Å². The van der Waals surface area contributed by atoms with E-state index in [1.165, 1.54) is 25.7 Å². The Morgan fingerprint density at radius 3 is 2.06 bits per heavy atom. The highest BCUT2D eigenvalue weighted by atomic mass is 32.2. The minimum atomic E-state index is -2.91. The largest absolute Gasteiger partial charge is 0.326 e. The van der Waals surface area contributed by atoms with Crippen molar-refractivity contribution in [3.05, 3.63) is 0 Å². The lowest BCUT2D eigenvalue weighted by Crippen LogP contribution is -2.47. The first-order valence-corrected chi connectivity index (χ1v) is 8.80. The Balaban J connectivity index is 2.04. The Morgan fingerprint density at radius 2 is 1.47 bits per heavy atom. The van der Waals surface area contributed by atoms with Crippen molar-refractivity contribution in [1.29, 1.82) is 0 Å². The third-order valence-electron chi connectivity index (χ3n) is 4.50. The van der Waals surface area contributed by atoms with Crippen molar-refractivity contribution in [2.45, 2.75) is 69.1 Å². The maximum atomic E-state index is 12.1. The smallest absolute Gasteiger partial charge is 0.154 e. The molecule has 0 aromatic heterocycles. The van der Waals surface area contributed by atoms with Crippen molar-refractivity contribution < 1.29 is 8.42 Å². The van der Waals surface area contributed by atoms with Gasteiger partial charge in [0.25, 0.3) is 0 Å². The van der Waals surface area contributed by atoms with Gasteiger partial charge >= 0.3 is 0 Å². The van der Waals surface area contributed by atoms with Gasteiger partial charge in [0.2, 0.25) is 0 Å². The molecule has 0 aromatic carbocycles. The van der Waals surface area contributed by atoms with Gasteiger partial charge in [-0.3, -0.25) is 0 Å². The van der Waals surface area contributed by atoms with Crippen LogP contribution in [0.25, 0.3) is 0 Å². The molecule has 2 fully saturated rings. The maximum absolute atomic E-state index is 12.1. The summed E-state index contributed by atoms with van der Waals surface area (Å²) in [4.78, 5) is 0. The molecule has 1 aliphatic heterocycles. The quantitative estimate of drug-likeness (QED) is 0.774. The molecule has 2 unspecified atom stereocenters. The minimum Gasteiger partial charge on any atom is -0.326 e. The Bertz CT molecular complexity index is 331. The van der Waals surface area contributed by atoms with E-state index in [9.17, 15) is 8.42 Å². The molecule has 0 aromatic rings. The van der Waals surface area contributed by atoms with E-state index in [0.29, 0.717) is 11.7 Å². The van der Waals surface area contributed by atoms with Gasteiger partial charge in [0.15, 0.2) is 9.84 Å². The van der Waals surface area contributed by atoms with Crippen molar-refractivity contribution in [3.63, 3.8) is 0 Å². The molecular formula is C13H25NO2S. The molecule has 4 heteroatoms. The summed E-state index contributed by atoms with van der Waals surface area (Å²) in [5, 5.41) is -0.251. The molecule has 2 rings (SSSR count). The summed E-state index contributed by atoms with van der Waals surface area (Å²) >= 11 is 0. The van der Waals surface area contributed by atoms with Crippen LogP contribution in [-0.4, -0.2) is 25.5 Å². The standard InChI is InChI=1S/C13H25NO2S/c14-13(11-7-3-1-2-4-8-11)12-9-5-6-10-17(12,15)16/h11-13H,1-10,14H2. The fourth-order valence-corrected chi connectivity index (χ4v) is 5.55. The Labute approximate surface area is 105 Å². The molecule has 2 atom stereocenters. The summed E-state index contributed by atoms with van der Waals surface area (Å²) in [5.41, 5.74) is 6.29. The second kappa shape index (κ2) is 5.70. The van der Waals surface area contributed by atoms with Crippen molar-refractivity contribution in [1.82, 2.24) is 0 Å². The Kier molecular flexibility index (Phi) is 4.47. The van der Waals surface area contributed by atoms with Crippen LogP contribution in [0.4, 0.5) is 0 Å². The van der Waals surface area contributed by atoms with Crippen LogP contribution in [0.1, 0.15) is 57.8 Å². The zero-order valence-electron chi connectivity index (χ0n) is 10.6. The average Bonchev–Trinajstić information content (AvgIpc) is 2.56. The maximum Gasteiger partial charge on any atom is 0.154 e. The number of hydrogen-bond acceptors (Lipinski definition) is 3. The minimum absolute atomic E-state index is 0.113. The molecule has 0 spiro atoms. The van der Waals surface area contributed by atoms with Gasteiger partial charge in [-0.15, -0.1) is 0 Å². The van der Waals surface area contributed by atoms with Crippen LogP contribution in [-0.2, 0) is 9.84 Å². The van der Waals surface area contributed by atoms with Crippen LogP contribution in [0.15, 0.2) is 0 Å². The van der Waals surface area contributed by atoms with E-state index >= 15 is 0 Å². The van der Waals surface area contributed by atoms with Gasteiger partial charge in [-0.2, -0.15) is 0 Å². The summed E-state index contributed by atoms with van der Waals surface area (Å²) in [6.45, 7) is 0. The molecule has 1 aliphatic carbocycles. The van der Waals surface area contributed by atoms with Crippen LogP contribution in [0, 0.1) is 5.92 Å².